The van der Waals surface area contributed by atoms with Gasteiger partial charge in [-0.3, -0.25) is 4.98 Å². The molecule has 4 nitrogen and oxygen atoms in total. The van der Waals surface area contributed by atoms with Gasteiger partial charge in [0.1, 0.15) is 11.5 Å². The first kappa shape index (κ1) is 22.8. The van der Waals surface area contributed by atoms with Gasteiger partial charge < -0.3 is 13.9 Å². The number of hydrogen-bond acceptors (Lipinski definition) is 2. The Kier molecular flexibility index (Phi) is 4.42. The van der Waals surface area contributed by atoms with Crippen LogP contribution in [0.5, 0.6) is 11.5 Å². The van der Waals surface area contributed by atoms with Gasteiger partial charge >= 0.3 is 0 Å². The Labute approximate surface area is 246 Å². The first-order valence-corrected chi connectivity index (χ1v) is 14.6. The van der Waals surface area contributed by atoms with Gasteiger partial charge in [-0.1, -0.05) is 66.7 Å². The molecule has 1 aliphatic heterocycles. The molecule has 0 bridgehead atoms. The lowest BCUT2D eigenvalue weighted by Crippen LogP contribution is -1.99. The summed E-state index contributed by atoms with van der Waals surface area (Å²) in [5, 5.41) is 7.16. The van der Waals surface area contributed by atoms with Crippen LogP contribution in [0, 0.1) is 0 Å². The van der Waals surface area contributed by atoms with Crippen LogP contribution in [0.3, 0.4) is 0 Å². The van der Waals surface area contributed by atoms with Gasteiger partial charge in [-0.15, -0.1) is 0 Å². The highest BCUT2D eigenvalue weighted by Crippen LogP contribution is 2.50. The van der Waals surface area contributed by atoms with Gasteiger partial charge in [0.25, 0.3) is 0 Å². The van der Waals surface area contributed by atoms with Crippen LogP contribution in [0.1, 0.15) is 0 Å². The van der Waals surface area contributed by atoms with E-state index in [9.17, 15) is 0 Å². The Bertz CT molecular complexity index is 2590. The lowest BCUT2D eigenvalue weighted by Gasteiger charge is -2.22. The maximum absolute atomic E-state index is 6.44. The molecule has 200 valence electrons. The monoisotopic (exact) mass is 549 g/mol. The molecule has 0 fully saturated rings. The largest absolute Gasteiger partial charge is 0.456 e. The second kappa shape index (κ2) is 8.34. The Morgan fingerprint density at radius 1 is 0.465 bits per heavy atom. The summed E-state index contributed by atoms with van der Waals surface area (Å²) in [6, 6.07) is 45.3. The maximum atomic E-state index is 6.44. The van der Waals surface area contributed by atoms with Crippen molar-refractivity contribution < 1.29 is 4.74 Å². The van der Waals surface area contributed by atoms with Crippen molar-refractivity contribution in [3.05, 3.63) is 140 Å². The maximum Gasteiger partial charge on any atom is 0.135 e. The molecule has 0 aliphatic carbocycles. The van der Waals surface area contributed by atoms with E-state index in [0.717, 1.165) is 44.9 Å². The van der Waals surface area contributed by atoms with E-state index in [2.05, 4.69) is 135 Å². The minimum Gasteiger partial charge on any atom is -0.456 e. The predicted molar refractivity (Wildman–Crippen MR) is 176 cm³/mol. The summed E-state index contributed by atoms with van der Waals surface area (Å²) >= 11 is 0. The van der Waals surface area contributed by atoms with E-state index in [4.69, 9.17) is 4.74 Å². The number of nitrogens with zero attached hydrogens (tertiary/aromatic N) is 3. The molecule has 4 heterocycles. The zero-order chi connectivity index (χ0) is 28.1. The Morgan fingerprint density at radius 2 is 1.23 bits per heavy atom. The van der Waals surface area contributed by atoms with Crippen LogP contribution >= 0.6 is 0 Å². The summed E-state index contributed by atoms with van der Waals surface area (Å²) < 4.78 is 11.2. The number of para-hydroxylation sites is 3. The van der Waals surface area contributed by atoms with Crippen LogP contribution in [-0.2, 0) is 0 Å². The van der Waals surface area contributed by atoms with Crippen molar-refractivity contribution in [3.63, 3.8) is 0 Å². The fraction of sp³-hybridized carbons (Fsp3) is 0. The molecule has 0 spiro atoms. The van der Waals surface area contributed by atoms with Crippen molar-refractivity contribution in [1.82, 2.24) is 14.1 Å². The third-order valence-corrected chi connectivity index (χ3v) is 8.98. The number of ether oxygens (including phenoxy) is 1. The third kappa shape index (κ3) is 3.02. The molecular formula is C39H23N3O. The normalized spacial score (nSPS) is 12.4. The predicted octanol–water partition coefficient (Wildman–Crippen LogP) is 10.2. The average Bonchev–Trinajstić information content (AvgIpc) is 3.58. The highest BCUT2D eigenvalue weighted by atomic mass is 16.5. The molecule has 0 saturated carbocycles. The molecule has 6 aromatic carbocycles. The molecule has 0 radical (unpaired) electrons. The topological polar surface area (TPSA) is 32.0 Å². The zero-order valence-corrected chi connectivity index (χ0v) is 23.0. The van der Waals surface area contributed by atoms with Gasteiger partial charge in [0.05, 0.1) is 28.3 Å². The summed E-state index contributed by atoms with van der Waals surface area (Å²) in [7, 11) is 0. The summed E-state index contributed by atoms with van der Waals surface area (Å²) in [6.07, 6.45) is 3.89. The highest BCUT2D eigenvalue weighted by molar-refractivity contribution is 6.24. The van der Waals surface area contributed by atoms with Crippen molar-refractivity contribution in [2.24, 2.45) is 0 Å². The minimum absolute atomic E-state index is 0.893. The summed E-state index contributed by atoms with van der Waals surface area (Å²) in [5.74, 6) is 1.79. The van der Waals surface area contributed by atoms with Crippen molar-refractivity contribution in [2.45, 2.75) is 0 Å². The van der Waals surface area contributed by atoms with Crippen LogP contribution in [0.25, 0.3) is 76.9 Å². The van der Waals surface area contributed by atoms with E-state index < -0.39 is 0 Å². The number of aromatic nitrogens is 3. The average molecular weight is 550 g/mol. The molecule has 1 aliphatic rings. The van der Waals surface area contributed by atoms with Crippen molar-refractivity contribution in [2.75, 3.05) is 0 Å². The quantitative estimate of drug-likeness (QED) is 0.215. The minimum atomic E-state index is 0.893. The molecule has 0 N–H and O–H groups in total. The molecule has 0 unspecified atom stereocenters. The van der Waals surface area contributed by atoms with Crippen LogP contribution in [0.4, 0.5) is 0 Å². The fourth-order valence-corrected chi connectivity index (χ4v) is 7.21. The van der Waals surface area contributed by atoms with Crippen LogP contribution in [0.2, 0.25) is 0 Å². The van der Waals surface area contributed by atoms with E-state index in [0.29, 0.717) is 0 Å². The van der Waals surface area contributed by atoms with Crippen LogP contribution in [0.15, 0.2) is 140 Å². The van der Waals surface area contributed by atoms with E-state index in [1.54, 1.807) is 0 Å². The third-order valence-electron chi connectivity index (χ3n) is 8.98. The second-order valence-corrected chi connectivity index (χ2v) is 11.2. The van der Waals surface area contributed by atoms with Gasteiger partial charge in [-0.2, -0.15) is 0 Å². The van der Waals surface area contributed by atoms with E-state index in [-0.39, 0.29) is 0 Å². The molecule has 10 rings (SSSR count). The summed E-state index contributed by atoms with van der Waals surface area (Å²) in [6.45, 7) is 0. The molecule has 0 amide bonds. The van der Waals surface area contributed by atoms with Gasteiger partial charge in [0.2, 0.25) is 0 Å². The number of benzene rings is 6. The zero-order valence-electron chi connectivity index (χ0n) is 23.0. The van der Waals surface area contributed by atoms with Gasteiger partial charge in [-0.05, 0) is 66.2 Å². The lowest BCUT2D eigenvalue weighted by molar-refractivity contribution is 0.487. The first-order valence-electron chi connectivity index (χ1n) is 14.6. The first-order chi connectivity index (χ1) is 21.3. The summed E-state index contributed by atoms with van der Waals surface area (Å²) in [5.41, 5.74) is 9.22. The molecular weight excluding hydrogens is 526 g/mol. The number of hydrogen-bond donors (Lipinski definition) is 0. The number of fused-ring (bicyclic) bond motifs is 9. The second-order valence-electron chi connectivity index (χ2n) is 11.2. The lowest BCUT2D eigenvalue weighted by atomic mass is 9.92. The fourth-order valence-electron chi connectivity index (χ4n) is 7.21. The molecule has 43 heavy (non-hydrogen) atoms. The molecule has 0 saturated heterocycles. The van der Waals surface area contributed by atoms with E-state index in [1.807, 2.05) is 18.5 Å². The molecule has 3 aromatic heterocycles. The van der Waals surface area contributed by atoms with Crippen LogP contribution in [-0.4, -0.2) is 14.1 Å². The molecule has 9 aromatic rings. The van der Waals surface area contributed by atoms with Crippen molar-refractivity contribution in [3.8, 4) is 34.0 Å². The SMILES string of the molecule is c1ccc(-n2c3ccccc3c3cc(-n4c5cnccc5c5cc6c7c(cccc7c54)Oc4ccccc4-6)ccc32)cc1. The standard InChI is InChI=1S/C39H23N3O/c1-2-9-24(10-3-1)41-33-14-6-4-11-26(33)30-21-25(17-18-34(30)41)42-35-23-40-20-19-27(35)32-22-31-28-12-5-7-15-36(28)43-37-16-8-13-29(38(31)37)39(32)42/h1-23H. The van der Waals surface area contributed by atoms with E-state index in [1.165, 1.54) is 43.5 Å². The van der Waals surface area contributed by atoms with Gasteiger partial charge in [0.15, 0.2) is 0 Å². The number of pyridine rings is 1. The smallest absolute Gasteiger partial charge is 0.135 e. The Hall–Kier alpha value is -5.87. The van der Waals surface area contributed by atoms with E-state index >= 15 is 0 Å². The van der Waals surface area contributed by atoms with Crippen LogP contribution < -0.4 is 4.74 Å². The number of rotatable bonds is 2. The Morgan fingerprint density at radius 3 is 2.19 bits per heavy atom. The highest BCUT2D eigenvalue weighted by Gasteiger charge is 2.25. The molecule has 0 atom stereocenters. The van der Waals surface area contributed by atoms with Crippen molar-refractivity contribution in [1.29, 1.82) is 0 Å². The Balaban J connectivity index is 1.34. The molecule has 4 heteroatoms. The van der Waals surface area contributed by atoms with Crippen molar-refractivity contribution >= 4 is 54.4 Å². The van der Waals surface area contributed by atoms with Gasteiger partial charge in [0, 0.05) is 55.5 Å². The van der Waals surface area contributed by atoms with Gasteiger partial charge in [-0.25, -0.2) is 0 Å². The summed E-state index contributed by atoms with van der Waals surface area (Å²) in [4.78, 5) is 4.59.